The lowest BCUT2D eigenvalue weighted by atomic mass is 9.92. The standard InChI is InChI=1S/C14H18N2O5/c1-9(17)15-13-10(16(19)20)6-5-7-11(13)21-12(18)8-14(2,3)4/h5-7H,8H2,1-4H3,(H,15,17). The number of benzene rings is 1. The Balaban J connectivity index is 3.11. The van der Waals surface area contributed by atoms with Gasteiger partial charge < -0.3 is 10.1 Å². The maximum absolute atomic E-state index is 11.8. The van der Waals surface area contributed by atoms with Crippen LogP contribution in [0.2, 0.25) is 0 Å². The van der Waals surface area contributed by atoms with E-state index in [0.717, 1.165) is 0 Å². The lowest BCUT2D eigenvalue weighted by Gasteiger charge is -2.17. The number of ether oxygens (including phenoxy) is 1. The predicted octanol–water partition coefficient (Wildman–Crippen LogP) is 2.89. The van der Waals surface area contributed by atoms with Gasteiger partial charge in [-0.2, -0.15) is 0 Å². The summed E-state index contributed by atoms with van der Waals surface area (Å²) in [6, 6.07) is 4.02. The molecule has 0 fully saturated rings. The number of hydrogen-bond acceptors (Lipinski definition) is 5. The Hall–Kier alpha value is -2.44. The van der Waals surface area contributed by atoms with E-state index in [-0.39, 0.29) is 29.0 Å². The van der Waals surface area contributed by atoms with Crippen LogP contribution in [-0.4, -0.2) is 16.8 Å². The largest absolute Gasteiger partial charge is 0.424 e. The molecule has 1 amide bonds. The van der Waals surface area contributed by atoms with Crippen LogP contribution in [0.5, 0.6) is 5.75 Å². The summed E-state index contributed by atoms with van der Waals surface area (Å²) in [4.78, 5) is 33.4. The van der Waals surface area contributed by atoms with Gasteiger partial charge in [-0.15, -0.1) is 0 Å². The van der Waals surface area contributed by atoms with Crippen LogP contribution in [-0.2, 0) is 9.59 Å². The molecule has 1 aromatic carbocycles. The van der Waals surface area contributed by atoms with Crippen molar-refractivity contribution in [1.82, 2.24) is 0 Å². The van der Waals surface area contributed by atoms with Gasteiger partial charge in [-0.05, 0) is 11.5 Å². The molecule has 0 radical (unpaired) electrons. The normalized spacial score (nSPS) is 10.9. The van der Waals surface area contributed by atoms with Crippen molar-refractivity contribution in [2.75, 3.05) is 5.32 Å². The highest BCUT2D eigenvalue weighted by molar-refractivity contribution is 5.94. The van der Waals surface area contributed by atoms with Crippen molar-refractivity contribution in [2.24, 2.45) is 5.41 Å². The van der Waals surface area contributed by atoms with E-state index in [4.69, 9.17) is 4.74 Å². The summed E-state index contributed by atoms with van der Waals surface area (Å²) in [7, 11) is 0. The van der Waals surface area contributed by atoms with Gasteiger partial charge in [-0.25, -0.2) is 0 Å². The molecule has 0 aliphatic heterocycles. The number of esters is 1. The zero-order chi connectivity index (χ0) is 16.2. The number of carbonyl (C=O) groups excluding carboxylic acids is 2. The van der Waals surface area contributed by atoms with Crippen LogP contribution in [0.1, 0.15) is 34.1 Å². The summed E-state index contributed by atoms with van der Waals surface area (Å²) < 4.78 is 5.16. The van der Waals surface area contributed by atoms with E-state index in [1.54, 1.807) is 0 Å². The second kappa shape index (κ2) is 6.34. The summed E-state index contributed by atoms with van der Waals surface area (Å²) >= 11 is 0. The van der Waals surface area contributed by atoms with Crippen molar-refractivity contribution in [3.8, 4) is 5.75 Å². The maximum atomic E-state index is 11.8. The number of hydrogen-bond donors (Lipinski definition) is 1. The fourth-order valence-electron chi connectivity index (χ4n) is 1.65. The highest BCUT2D eigenvalue weighted by Gasteiger charge is 2.23. The van der Waals surface area contributed by atoms with Crippen LogP contribution in [0.4, 0.5) is 11.4 Å². The quantitative estimate of drug-likeness (QED) is 0.398. The van der Waals surface area contributed by atoms with E-state index in [0.29, 0.717) is 0 Å². The summed E-state index contributed by atoms with van der Waals surface area (Å²) in [6.07, 6.45) is 0.148. The average Bonchev–Trinajstić information content (AvgIpc) is 2.27. The highest BCUT2D eigenvalue weighted by atomic mass is 16.6. The third kappa shape index (κ3) is 5.21. The Morgan fingerprint density at radius 3 is 2.43 bits per heavy atom. The van der Waals surface area contributed by atoms with Crippen molar-refractivity contribution in [3.63, 3.8) is 0 Å². The number of nitro groups is 1. The minimum Gasteiger partial charge on any atom is -0.424 e. The third-order valence-electron chi connectivity index (χ3n) is 2.40. The van der Waals surface area contributed by atoms with Crippen molar-refractivity contribution in [1.29, 1.82) is 0 Å². The molecule has 0 bridgehead atoms. The first-order chi connectivity index (χ1) is 9.60. The van der Waals surface area contributed by atoms with E-state index in [2.05, 4.69) is 5.32 Å². The van der Waals surface area contributed by atoms with Gasteiger partial charge in [0.05, 0.1) is 11.3 Å². The molecule has 0 aromatic heterocycles. The van der Waals surface area contributed by atoms with E-state index in [1.165, 1.54) is 25.1 Å². The molecule has 0 saturated heterocycles. The first-order valence-electron chi connectivity index (χ1n) is 6.36. The van der Waals surface area contributed by atoms with Crippen molar-refractivity contribution in [3.05, 3.63) is 28.3 Å². The molecular formula is C14H18N2O5. The van der Waals surface area contributed by atoms with Crippen LogP contribution < -0.4 is 10.1 Å². The zero-order valence-electron chi connectivity index (χ0n) is 12.4. The van der Waals surface area contributed by atoms with Crippen molar-refractivity contribution < 1.29 is 19.2 Å². The molecule has 1 N–H and O–H groups in total. The van der Waals surface area contributed by atoms with Crippen molar-refractivity contribution >= 4 is 23.3 Å². The Morgan fingerprint density at radius 1 is 1.33 bits per heavy atom. The SMILES string of the molecule is CC(=O)Nc1c(OC(=O)CC(C)(C)C)cccc1[N+](=O)[O-]. The summed E-state index contributed by atoms with van der Waals surface area (Å²) in [6.45, 7) is 6.83. The Bertz CT molecular complexity index is 575. The molecule has 0 aliphatic rings. The smallest absolute Gasteiger partial charge is 0.311 e. The molecule has 7 heteroatoms. The van der Waals surface area contributed by atoms with Gasteiger partial charge in [-0.3, -0.25) is 19.7 Å². The molecular weight excluding hydrogens is 276 g/mol. The summed E-state index contributed by atoms with van der Waals surface area (Å²) in [5, 5.41) is 13.3. The molecule has 0 unspecified atom stereocenters. The number of nitrogens with one attached hydrogen (secondary N) is 1. The Morgan fingerprint density at radius 2 is 1.95 bits per heavy atom. The average molecular weight is 294 g/mol. The first-order valence-corrected chi connectivity index (χ1v) is 6.36. The highest BCUT2D eigenvalue weighted by Crippen LogP contribution is 2.35. The number of nitro benzene ring substituents is 1. The van der Waals surface area contributed by atoms with Crippen molar-refractivity contribution in [2.45, 2.75) is 34.1 Å². The molecule has 7 nitrogen and oxygen atoms in total. The van der Waals surface area contributed by atoms with E-state index in [9.17, 15) is 19.7 Å². The van der Waals surface area contributed by atoms with Gasteiger partial charge in [0.1, 0.15) is 0 Å². The predicted molar refractivity (Wildman–Crippen MR) is 77.1 cm³/mol. The number of anilines is 1. The maximum Gasteiger partial charge on any atom is 0.311 e. The number of rotatable bonds is 4. The molecule has 0 aliphatic carbocycles. The Labute approximate surface area is 122 Å². The number of carbonyl (C=O) groups is 2. The number of para-hydroxylation sites is 1. The minimum atomic E-state index is -0.646. The van der Waals surface area contributed by atoms with Gasteiger partial charge in [0.2, 0.25) is 5.91 Å². The van der Waals surface area contributed by atoms with Gasteiger partial charge in [0.25, 0.3) is 5.69 Å². The van der Waals surface area contributed by atoms with Gasteiger partial charge >= 0.3 is 5.97 Å². The van der Waals surface area contributed by atoms with Gasteiger partial charge in [-0.1, -0.05) is 26.8 Å². The number of nitrogens with zero attached hydrogens (tertiary/aromatic N) is 1. The fourth-order valence-corrected chi connectivity index (χ4v) is 1.65. The third-order valence-corrected chi connectivity index (χ3v) is 2.40. The molecule has 0 saturated carbocycles. The lowest BCUT2D eigenvalue weighted by Crippen LogP contribution is -2.19. The van der Waals surface area contributed by atoms with E-state index < -0.39 is 16.8 Å². The van der Waals surface area contributed by atoms with Crippen LogP contribution >= 0.6 is 0 Å². The van der Waals surface area contributed by atoms with Gasteiger partial charge in [0.15, 0.2) is 11.4 Å². The molecule has 0 spiro atoms. The molecule has 0 heterocycles. The molecule has 1 rings (SSSR count). The topological polar surface area (TPSA) is 98.5 Å². The molecule has 1 aromatic rings. The molecule has 114 valence electrons. The minimum absolute atomic E-state index is 0.0337. The van der Waals surface area contributed by atoms with Crippen LogP contribution in [0, 0.1) is 15.5 Å². The monoisotopic (exact) mass is 294 g/mol. The van der Waals surface area contributed by atoms with Gasteiger partial charge in [0, 0.05) is 13.0 Å². The van der Waals surface area contributed by atoms with Crippen LogP contribution in [0.3, 0.4) is 0 Å². The van der Waals surface area contributed by atoms with Crippen LogP contribution in [0.25, 0.3) is 0 Å². The Kier molecular flexibility index (Phi) is 5.02. The van der Waals surface area contributed by atoms with E-state index >= 15 is 0 Å². The van der Waals surface area contributed by atoms with Crippen LogP contribution in [0.15, 0.2) is 18.2 Å². The zero-order valence-corrected chi connectivity index (χ0v) is 12.4. The molecule has 0 atom stereocenters. The second-order valence-electron chi connectivity index (χ2n) is 5.80. The summed E-state index contributed by atoms with van der Waals surface area (Å²) in [5.74, 6) is -1.04. The van der Waals surface area contributed by atoms with E-state index in [1.807, 2.05) is 20.8 Å². The second-order valence-corrected chi connectivity index (χ2v) is 5.80. The lowest BCUT2D eigenvalue weighted by molar-refractivity contribution is -0.384. The summed E-state index contributed by atoms with van der Waals surface area (Å²) in [5.41, 5.74) is -0.713. The molecule has 21 heavy (non-hydrogen) atoms. The number of amides is 1. The fraction of sp³-hybridized carbons (Fsp3) is 0.429. The first kappa shape index (κ1) is 16.6.